The highest BCUT2D eigenvalue weighted by molar-refractivity contribution is 5.85. The standard InChI is InChI=1S/C7H9NO/c1-2-3-4-5-6-7(8)9/h1,5-6H,3-4H2,(H2,8,9). The van der Waals surface area contributed by atoms with Crippen LogP contribution in [0.5, 0.6) is 0 Å². The summed E-state index contributed by atoms with van der Waals surface area (Å²) in [5.74, 6) is 2.01. The van der Waals surface area contributed by atoms with Crippen molar-refractivity contribution in [1.82, 2.24) is 0 Å². The Hall–Kier alpha value is -1.23. The Morgan fingerprint density at radius 3 is 2.89 bits per heavy atom. The molecule has 0 spiro atoms. The Balaban J connectivity index is 3.28. The van der Waals surface area contributed by atoms with E-state index in [1.165, 1.54) is 6.08 Å². The lowest BCUT2D eigenvalue weighted by molar-refractivity contribution is -0.113. The second-order valence-corrected chi connectivity index (χ2v) is 1.55. The van der Waals surface area contributed by atoms with E-state index in [0.29, 0.717) is 6.42 Å². The lowest BCUT2D eigenvalue weighted by Crippen LogP contribution is -2.05. The monoisotopic (exact) mass is 123 g/mol. The fourth-order valence-corrected chi connectivity index (χ4v) is 0.366. The molecule has 0 aromatic rings. The van der Waals surface area contributed by atoms with E-state index in [2.05, 4.69) is 5.92 Å². The van der Waals surface area contributed by atoms with Crippen molar-refractivity contribution in [1.29, 1.82) is 0 Å². The van der Waals surface area contributed by atoms with Gasteiger partial charge in [-0.05, 0) is 12.5 Å². The molecule has 0 rings (SSSR count). The molecule has 0 radical (unpaired) electrons. The molecular formula is C7H9NO. The zero-order chi connectivity index (χ0) is 7.11. The quantitative estimate of drug-likeness (QED) is 0.330. The summed E-state index contributed by atoms with van der Waals surface area (Å²) >= 11 is 0. The molecule has 48 valence electrons. The van der Waals surface area contributed by atoms with Gasteiger partial charge in [0.15, 0.2) is 0 Å². The third kappa shape index (κ3) is 6.77. The summed E-state index contributed by atoms with van der Waals surface area (Å²) in [6, 6.07) is 0. The fourth-order valence-electron chi connectivity index (χ4n) is 0.366. The molecule has 0 fully saturated rings. The minimum absolute atomic E-state index is 0.424. The molecule has 0 aromatic carbocycles. The predicted octanol–water partition coefficient (Wildman–Crippen LogP) is 0.441. The Morgan fingerprint density at radius 1 is 1.78 bits per heavy atom. The van der Waals surface area contributed by atoms with Gasteiger partial charge in [0.05, 0.1) is 0 Å². The van der Waals surface area contributed by atoms with E-state index in [9.17, 15) is 4.79 Å². The number of allylic oxidation sites excluding steroid dienone is 1. The van der Waals surface area contributed by atoms with Gasteiger partial charge in [0.1, 0.15) is 0 Å². The summed E-state index contributed by atoms with van der Waals surface area (Å²) in [5.41, 5.74) is 4.80. The number of hydrogen-bond acceptors (Lipinski definition) is 1. The van der Waals surface area contributed by atoms with Crippen molar-refractivity contribution in [2.75, 3.05) is 0 Å². The molecule has 0 heterocycles. The number of rotatable bonds is 3. The van der Waals surface area contributed by atoms with E-state index >= 15 is 0 Å². The van der Waals surface area contributed by atoms with Crippen LogP contribution < -0.4 is 5.73 Å². The van der Waals surface area contributed by atoms with Gasteiger partial charge in [0, 0.05) is 6.42 Å². The molecule has 0 aliphatic rings. The summed E-state index contributed by atoms with van der Waals surface area (Å²) in [6.07, 6.45) is 9.31. The first-order valence-electron chi connectivity index (χ1n) is 2.67. The normalized spacial score (nSPS) is 9.22. The highest BCUT2D eigenvalue weighted by Gasteiger charge is 1.79. The van der Waals surface area contributed by atoms with Crippen molar-refractivity contribution in [3.63, 3.8) is 0 Å². The largest absolute Gasteiger partial charge is 0.366 e. The highest BCUT2D eigenvalue weighted by atomic mass is 16.1. The summed E-state index contributed by atoms with van der Waals surface area (Å²) in [7, 11) is 0. The molecule has 0 unspecified atom stereocenters. The summed E-state index contributed by atoms with van der Waals surface area (Å²) in [6.45, 7) is 0. The third-order valence-electron chi connectivity index (χ3n) is 0.737. The van der Waals surface area contributed by atoms with E-state index < -0.39 is 5.91 Å². The molecule has 0 saturated heterocycles. The van der Waals surface area contributed by atoms with Gasteiger partial charge in [-0.25, -0.2) is 0 Å². The van der Waals surface area contributed by atoms with Gasteiger partial charge in [-0.3, -0.25) is 4.79 Å². The van der Waals surface area contributed by atoms with Crippen LogP contribution in [-0.4, -0.2) is 5.91 Å². The summed E-state index contributed by atoms with van der Waals surface area (Å²) < 4.78 is 0. The van der Waals surface area contributed by atoms with Crippen LogP contribution in [0.1, 0.15) is 12.8 Å². The molecule has 2 N–H and O–H groups in total. The molecule has 0 aliphatic heterocycles. The first kappa shape index (κ1) is 7.77. The maximum atomic E-state index is 10.0. The number of hydrogen-bond donors (Lipinski definition) is 1. The van der Waals surface area contributed by atoms with Crippen molar-refractivity contribution < 1.29 is 4.79 Å². The van der Waals surface area contributed by atoms with Crippen molar-refractivity contribution >= 4 is 5.91 Å². The van der Waals surface area contributed by atoms with Crippen LogP contribution in [0.2, 0.25) is 0 Å². The molecule has 0 aliphatic carbocycles. The fraction of sp³-hybridized carbons (Fsp3) is 0.286. The number of terminal acetylenes is 1. The molecule has 0 aromatic heterocycles. The number of primary amides is 1. The second kappa shape index (κ2) is 4.92. The Morgan fingerprint density at radius 2 is 2.44 bits per heavy atom. The van der Waals surface area contributed by atoms with Crippen LogP contribution in [0, 0.1) is 12.3 Å². The van der Waals surface area contributed by atoms with Crippen LogP contribution in [0.15, 0.2) is 12.2 Å². The van der Waals surface area contributed by atoms with E-state index in [1.807, 2.05) is 0 Å². The molecule has 0 atom stereocenters. The average Bonchev–Trinajstić information content (AvgIpc) is 1.80. The molecular weight excluding hydrogens is 114 g/mol. The van der Waals surface area contributed by atoms with Crippen molar-refractivity contribution in [2.45, 2.75) is 12.8 Å². The van der Waals surface area contributed by atoms with Crippen LogP contribution in [0.25, 0.3) is 0 Å². The number of amides is 1. The average molecular weight is 123 g/mol. The van der Waals surface area contributed by atoms with Crippen LogP contribution in [-0.2, 0) is 4.79 Å². The minimum Gasteiger partial charge on any atom is -0.366 e. The van der Waals surface area contributed by atoms with Crippen LogP contribution in [0.4, 0.5) is 0 Å². The maximum absolute atomic E-state index is 10.0. The molecule has 0 saturated carbocycles. The zero-order valence-electron chi connectivity index (χ0n) is 5.13. The van der Waals surface area contributed by atoms with Gasteiger partial charge < -0.3 is 5.73 Å². The van der Waals surface area contributed by atoms with Crippen molar-refractivity contribution in [2.24, 2.45) is 5.73 Å². The Labute approximate surface area is 54.7 Å². The zero-order valence-corrected chi connectivity index (χ0v) is 5.13. The van der Waals surface area contributed by atoms with Gasteiger partial charge in [0.2, 0.25) is 5.91 Å². The lowest BCUT2D eigenvalue weighted by Gasteiger charge is -1.80. The van der Waals surface area contributed by atoms with Crippen LogP contribution in [0.3, 0.4) is 0 Å². The van der Waals surface area contributed by atoms with Crippen molar-refractivity contribution in [3.05, 3.63) is 12.2 Å². The van der Waals surface area contributed by atoms with Gasteiger partial charge in [-0.15, -0.1) is 12.3 Å². The van der Waals surface area contributed by atoms with Crippen molar-refractivity contribution in [3.8, 4) is 12.3 Å². The third-order valence-corrected chi connectivity index (χ3v) is 0.737. The maximum Gasteiger partial charge on any atom is 0.241 e. The van der Waals surface area contributed by atoms with E-state index in [4.69, 9.17) is 12.2 Å². The first-order valence-corrected chi connectivity index (χ1v) is 2.67. The highest BCUT2D eigenvalue weighted by Crippen LogP contribution is 1.86. The Bertz CT molecular complexity index is 153. The van der Waals surface area contributed by atoms with Gasteiger partial charge in [-0.1, -0.05) is 6.08 Å². The van der Waals surface area contributed by atoms with Crippen LogP contribution >= 0.6 is 0 Å². The van der Waals surface area contributed by atoms with E-state index in [1.54, 1.807) is 6.08 Å². The topological polar surface area (TPSA) is 43.1 Å². The Kier molecular flexibility index (Phi) is 4.25. The molecule has 2 heteroatoms. The van der Waals surface area contributed by atoms with Gasteiger partial charge in [-0.2, -0.15) is 0 Å². The number of nitrogens with two attached hydrogens (primary N) is 1. The molecule has 2 nitrogen and oxygen atoms in total. The number of unbranched alkanes of at least 4 members (excludes halogenated alkanes) is 1. The van der Waals surface area contributed by atoms with E-state index in [0.717, 1.165) is 6.42 Å². The van der Waals surface area contributed by atoms with E-state index in [-0.39, 0.29) is 0 Å². The van der Waals surface area contributed by atoms with Gasteiger partial charge >= 0.3 is 0 Å². The molecule has 9 heavy (non-hydrogen) atoms. The molecule has 1 amide bonds. The lowest BCUT2D eigenvalue weighted by atomic mass is 10.3. The summed E-state index contributed by atoms with van der Waals surface area (Å²) in [4.78, 5) is 10.0. The minimum atomic E-state index is -0.424. The smallest absolute Gasteiger partial charge is 0.241 e. The summed E-state index contributed by atoms with van der Waals surface area (Å²) in [5, 5.41) is 0. The number of carbonyl (C=O) groups is 1. The van der Waals surface area contributed by atoms with Gasteiger partial charge in [0.25, 0.3) is 0 Å². The second-order valence-electron chi connectivity index (χ2n) is 1.55. The molecule has 0 bridgehead atoms. The number of carbonyl (C=O) groups excluding carboxylic acids is 1. The first-order chi connectivity index (χ1) is 4.27. The predicted molar refractivity (Wildman–Crippen MR) is 36.4 cm³/mol. The SMILES string of the molecule is C#CCCC=CC(N)=O.